The average molecular weight is 338 g/mol. The lowest BCUT2D eigenvalue weighted by Gasteiger charge is -2.34. The fourth-order valence-corrected chi connectivity index (χ4v) is 2.99. The Morgan fingerprint density at radius 3 is 2.64 bits per heavy atom. The van der Waals surface area contributed by atoms with Gasteiger partial charge in [-0.2, -0.15) is 0 Å². The maximum Gasteiger partial charge on any atom is 0.231 e. The predicted octanol–water partition coefficient (Wildman–Crippen LogP) is 3.39. The van der Waals surface area contributed by atoms with Crippen LogP contribution in [-0.2, 0) is 16.0 Å². The minimum absolute atomic E-state index is 0.00741. The van der Waals surface area contributed by atoms with Crippen LogP contribution >= 0.6 is 0 Å². The minimum Gasteiger partial charge on any atom is -0.486 e. The van der Waals surface area contributed by atoms with Crippen molar-refractivity contribution in [1.82, 2.24) is 0 Å². The Morgan fingerprint density at radius 2 is 1.88 bits per heavy atom. The van der Waals surface area contributed by atoms with E-state index in [1.807, 2.05) is 55.5 Å². The van der Waals surface area contributed by atoms with Gasteiger partial charge < -0.3 is 15.0 Å². The molecule has 2 aromatic carbocycles. The molecule has 2 aromatic rings. The van der Waals surface area contributed by atoms with Crippen molar-refractivity contribution in [3.63, 3.8) is 0 Å². The molecule has 2 amide bonds. The van der Waals surface area contributed by atoms with Crippen molar-refractivity contribution in [3.05, 3.63) is 54.1 Å². The summed E-state index contributed by atoms with van der Waals surface area (Å²) in [6.45, 7) is 4.05. The Kier molecular flexibility index (Phi) is 5.03. The summed E-state index contributed by atoms with van der Waals surface area (Å²) in [5, 5.41) is 2.79. The zero-order chi connectivity index (χ0) is 17.8. The highest BCUT2D eigenvalue weighted by Crippen LogP contribution is 2.34. The van der Waals surface area contributed by atoms with Crippen molar-refractivity contribution in [2.45, 2.75) is 32.8 Å². The van der Waals surface area contributed by atoms with Gasteiger partial charge in [-0.3, -0.25) is 9.59 Å². The molecule has 1 heterocycles. The van der Waals surface area contributed by atoms with Crippen LogP contribution in [0.4, 0.5) is 11.4 Å². The quantitative estimate of drug-likeness (QED) is 0.929. The number of nitrogens with one attached hydrogen (secondary N) is 1. The van der Waals surface area contributed by atoms with Crippen LogP contribution in [0.25, 0.3) is 0 Å². The van der Waals surface area contributed by atoms with E-state index in [1.165, 1.54) is 6.92 Å². The highest BCUT2D eigenvalue weighted by molar-refractivity contribution is 5.98. The lowest BCUT2D eigenvalue weighted by atomic mass is 10.1. The number of benzene rings is 2. The van der Waals surface area contributed by atoms with Crippen LogP contribution in [0, 0.1) is 0 Å². The second kappa shape index (κ2) is 7.38. The third kappa shape index (κ3) is 3.82. The summed E-state index contributed by atoms with van der Waals surface area (Å²) in [4.78, 5) is 26.2. The van der Waals surface area contributed by atoms with E-state index in [9.17, 15) is 9.59 Å². The zero-order valence-corrected chi connectivity index (χ0v) is 14.5. The van der Waals surface area contributed by atoms with Gasteiger partial charge in [0.25, 0.3) is 0 Å². The Labute approximate surface area is 147 Å². The van der Waals surface area contributed by atoms with Gasteiger partial charge in [-0.15, -0.1) is 0 Å². The lowest BCUT2D eigenvalue weighted by molar-refractivity contribution is -0.118. The molecule has 0 saturated carbocycles. The van der Waals surface area contributed by atoms with Gasteiger partial charge in [0.15, 0.2) is 0 Å². The molecule has 25 heavy (non-hydrogen) atoms. The van der Waals surface area contributed by atoms with Crippen LogP contribution in [-0.4, -0.2) is 24.5 Å². The van der Waals surface area contributed by atoms with Gasteiger partial charge in [-0.25, -0.2) is 0 Å². The van der Waals surface area contributed by atoms with E-state index < -0.39 is 0 Å². The molecule has 5 heteroatoms. The third-order valence-corrected chi connectivity index (χ3v) is 4.26. The fraction of sp³-hybridized carbons (Fsp3) is 0.300. The van der Waals surface area contributed by atoms with Crippen molar-refractivity contribution in [1.29, 1.82) is 0 Å². The SMILES string of the molecule is CCC1CN(C(=O)Cc2ccccc2NC(C)=O)c2ccccc2O1. The number of carbonyl (C=O) groups excluding carboxylic acids is 2. The van der Waals surface area contributed by atoms with E-state index in [1.54, 1.807) is 4.90 Å². The molecular weight excluding hydrogens is 316 g/mol. The Morgan fingerprint density at radius 1 is 1.16 bits per heavy atom. The first kappa shape index (κ1) is 17.0. The second-order valence-corrected chi connectivity index (χ2v) is 6.14. The van der Waals surface area contributed by atoms with Crippen molar-refractivity contribution in [3.8, 4) is 5.75 Å². The summed E-state index contributed by atoms with van der Waals surface area (Å²) in [7, 11) is 0. The molecule has 0 aliphatic carbocycles. The van der Waals surface area contributed by atoms with E-state index in [4.69, 9.17) is 4.74 Å². The first-order chi connectivity index (χ1) is 12.1. The van der Waals surface area contributed by atoms with Crippen molar-refractivity contribution < 1.29 is 14.3 Å². The molecule has 1 aliphatic heterocycles. The van der Waals surface area contributed by atoms with E-state index in [2.05, 4.69) is 5.32 Å². The van der Waals surface area contributed by atoms with Crippen LogP contribution in [0.3, 0.4) is 0 Å². The predicted molar refractivity (Wildman–Crippen MR) is 98.0 cm³/mol. The fourth-order valence-electron chi connectivity index (χ4n) is 2.99. The number of hydrogen-bond acceptors (Lipinski definition) is 3. The molecule has 0 spiro atoms. The number of ether oxygens (including phenoxy) is 1. The normalized spacial score (nSPS) is 15.9. The number of amides is 2. The van der Waals surface area contributed by atoms with Crippen molar-refractivity contribution in [2.24, 2.45) is 0 Å². The van der Waals surface area contributed by atoms with E-state index in [-0.39, 0.29) is 24.3 Å². The molecule has 1 unspecified atom stereocenters. The van der Waals surface area contributed by atoms with Gasteiger partial charge in [0, 0.05) is 12.6 Å². The number of para-hydroxylation sites is 3. The summed E-state index contributed by atoms with van der Waals surface area (Å²) in [6, 6.07) is 15.0. The van der Waals surface area contributed by atoms with Crippen LogP contribution in [0.5, 0.6) is 5.75 Å². The molecule has 1 N–H and O–H groups in total. The number of rotatable bonds is 4. The van der Waals surface area contributed by atoms with Crippen molar-refractivity contribution >= 4 is 23.2 Å². The molecule has 1 aliphatic rings. The Bertz CT molecular complexity index is 788. The second-order valence-electron chi connectivity index (χ2n) is 6.14. The number of nitrogens with zero attached hydrogens (tertiary/aromatic N) is 1. The Hall–Kier alpha value is -2.82. The number of anilines is 2. The first-order valence-electron chi connectivity index (χ1n) is 8.50. The third-order valence-electron chi connectivity index (χ3n) is 4.26. The zero-order valence-electron chi connectivity index (χ0n) is 14.5. The molecule has 0 bridgehead atoms. The molecule has 130 valence electrons. The molecule has 0 saturated heterocycles. The number of hydrogen-bond donors (Lipinski definition) is 1. The van der Waals surface area contributed by atoms with Gasteiger partial charge in [0.2, 0.25) is 11.8 Å². The molecule has 0 radical (unpaired) electrons. The van der Waals surface area contributed by atoms with Crippen molar-refractivity contribution in [2.75, 3.05) is 16.8 Å². The number of fused-ring (bicyclic) bond motifs is 1. The van der Waals surface area contributed by atoms with Gasteiger partial charge >= 0.3 is 0 Å². The summed E-state index contributed by atoms with van der Waals surface area (Å²) in [5.74, 6) is 0.582. The highest BCUT2D eigenvalue weighted by Gasteiger charge is 2.28. The van der Waals surface area contributed by atoms with E-state index in [0.29, 0.717) is 12.2 Å². The van der Waals surface area contributed by atoms with Crippen LogP contribution < -0.4 is 15.0 Å². The summed E-state index contributed by atoms with van der Waals surface area (Å²) in [5.41, 5.74) is 2.28. The van der Waals surface area contributed by atoms with Gasteiger partial charge in [0.1, 0.15) is 11.9 Å². The molecule has 5 nitrogen and oxygen atoms in total. The van der Waals surface area contributed by atoms with Crippen LogP contribution in [0.2, 0.25) is 0 Å². The standard InChI is InChI=1S/C20H22N2O3/c1-3-16-13-22(18-10-6-7-11-19(18)25-16)20(24)12-15-8-4-5-9-17(15)21-14(2)23/h4-11,16H,3,12-13H2,1-2H3,(H,21,23). The molecule has 0 aromatic heterocycles. The lowest BCUT2D eigenvalue weighted by Crippen LogP contribution is -2.44. The summed E-state index contributed by atoms with van der Waals surface area (Å²) >= 11 is 0. The number of carbonyl (C=O) groups is 2. The summed E-state index contributed by atoms with van der Waals surface area (Å²) in [6.07, 6.45) is 1.05. The monoisotopic (exact) mass is 338 g/mol. The molecule has 0 fully saturated rings. The topological polar surface area (TPSA) is 58.6 Å². The van der Waals surface area contributed by atoms with E-state index in [0.717, 1.165) is 23.4 Å². The van der Waals surface area contributed by atoms with E-state index >= 15 is 0 Å². The minimum atomic E-state index is -0.150. The highest BCUT2D eigenvalue weighted by atomic mass is 16.5. The van der Waals surface area contributed by atoms with Gasteiger partial charge in [-0.1, -0.05) is 37.3 Å². The Balaban J connectivity index is 1.85. The first-order valence-corrected chi connectivity index (χ1v) is 8.50. The smallest absolute Gasteiger partial charge is 0.231 e. The molecule has 3 rings (SSSR count). The maximum atomic E-state index is 13.0. The largest absolute Gasteiger partial charge is 0.486 e. The molecule has 1 atom stereocenters. The average Bonchev–Trinajstić information content (AvgIpc) is 2.61. The van der Waals surface area contributed by atoms with Crippen LogP contribution in [0.1, 0.15) is 25.8 Å². The maximum absolute atomic E-state index is 13.0. The molecular formula is C20H22N2O3. The van der Waals surface area contributed by atoms with Gasteiger partial charge in [0.05, 0.1) is 18.7 Å². The van der Waals surface area contributed by atoms with Crippen LogP contribution in [0.15, 0.2) is 48.5 Å². The summed E-state index contributed by atoms with van der Waals surface area (Å²) < 4.78 is 5.94. The van der Waals surface area contributed by atoms with Gasteiger partial charge in [-0.05, 0) is 30.2 Å².